The van der Waals surface area contributed by atoms with Crippen molar-refractivity contribution in [3.05, 3.63) is 112 Å². The number of aromatic hydroxyl groups is 1. The predicted molar refractivity (Wildman–Crippen MR) is 161 cm³/mol. The molecular weight excluding hydrogens is 557 g/mol. The summed E-state index contributed by atoms with van der Waals surface area (Å²) in [5.74, 6) is -1.76. The van der Waals surface area contributed by atoms with E-state index in [2.05, 4.69) is 10.6 Å². The first-order valence-corrected chi connectivity index (χ1v) is 13.5. The van der Waals surface area contributed by atoms with Crippen LogP contribution in [-0.4, -0.2) is 22.1 Å². The van der Waals surface area contributed by atoms with Crippen molar-refractivity contribution in [3.8, 4) is 16.9 Å². The number of carbonyl (C=O) groups is 2. The summed E-state index contributed by atoms with van der Waals surface area (Å²) in [6.45, 7) is 6.85. The fraction of sp³-hybridized carbons (Fsp3) is 0.176. The number of hydrogen-bond donors (Lipinski definition) is 4. The first kappa shape index (κ1) is 29.4. The molecule has 0 unspecified atom stereocenters. The molecule has 0 saturated carbocycles. The summed E-state index contributed by atoms with van der Waals surface area (Å²) in [5, 5.41) is 26.9. The molecule has 1 aliphatic rings. The number of amides is 1. The average molecular weight is 587 g/mol. The minimum Gasteiger partial charge on any atom is -0.507 e. The largest absolute Gasteiger partial charge is 0.507 e. The minimum atomic E-state index is -4.60. The van der Waals surface area contributed by atoms with Gasteiger partial charge < -0.3 is 20.8 Å². The smallest absolute Gasteiger partial charge is 0.416 e. The van der Waals surface area contributed by atoms with Gasteiger partial charge in [-0.15, -0.1) is 0 Å². The molecule has 43 heavy (non-hydrogen) atoms. The molecule has 0 aliphatic carbocycles. The number of anilines is 2. The number of halogens is 3. The number of phenolic OH excluding ortho intramolecular Hbond substituents is 1. The molecule has 6 nitrogen and oxygen atoms in total. The van der Waals surface area contributed by atoms with E-state index in [1.165, 1.54) is 12.1 Å². The van der Waals surface area contributed by atoms with Crippen LogP contribution in [0.15, 0.2) is 78.9 Å². The van der Waals surface area contributed by atoms with Gasteiger partial charge in [0.2, 0.25) is 0 Å². The van der Waals surface area contributed by atoms with Crippen LogP contribution in [0.5, 0.6) is 5.75 Å². The molecule has 5 rings (SSSR count). The Balaban J connectivity index is 1.85. The predicted octanol–water partition coefficient (Wildman–Crippen LogP) is 7.99. The third-order valence-corrected chi connectivity index (χ3v) is 7.57. The highest BCUT2D eigenvalue weighted by Gasteiger charge is 2.37. The summed E-state index contributed by atoms with van der Waals surface area (Å²) in [6.07, 6.45) is -4.60. The van der Waals surface area contributed by atoms with Crippen LogP contribution < -0.4 is 10.6 Å². The van der Waals surface area contributed by atoms with E-state index < -0.39 is 29.0 Å². The molecule has 0 spiro atoms. The third-order valence-electron chi connectivity index (χ3n) is 7.57. The van der Waals surface area contributed by atoms with Crippen molar-refractivity contribution in [2.45, 2.75) is 39.3 Å². The molecular formula is C34H29F3N2O4. The second kappa shape index (κ2) is 10.7. The highest BCUT2D eigenvalue weighted by atomic mass is 19.4. The Bertz CT molecular complexity index is 1800. The number of phenols is 1. The lowest BCUT2D eigenvalue weighted by molar-refractivity contribution is -0.142. The number of para-hydroxylation sites is 2. The molecule has 0 fully saturated rings. The normalized spacial score (nSPS) is 14.3. The number of aliphatic carboxylic acids is 1. The minimum absolute atomic E-state index is 0.0126. The van der Waals surface area contributed by atoms with Crippen LogP contribution in [0.2, 0.25) is 0 Å². The molecule has 0 saturated heterocycles. The summed E-state index contributed by atoms with van der Waals surface area (Å²) >= 11 is 0. The number of nitrogens with one attached hydrogen (secondary N) is 2. The average Bonchev–Trinajstić information content (AvgIpc) is 3.25. The number of rotatable bonds is 6. The van der Waals surface area contributed by atoms with Crippen molar-refractivity contribution in [1.29, 1.82) is 0 Å². The van der Waals surface area contributed by atoms with Crippen molar-refractivity contribution >= 4 is 34.5 Å². The molecule has 1 aliphatic heterocycles. The Labute approximate surface area is 246 Å². The van der Waals surface area contributed by atoms with E-state index in [1.807, 2.05) is 32.0 Å². The fourth-order valence-corrected chi connectivity index (χ4v) is 5.37. The molecule has 4 N–H and O–H groups in total. The third kappa shape index (κ3) is 5.46. The summed E-state index contributed by atoms with van der Waals surface area (Å²) in [5.41, 5.74) is 2.24. The van der Waals surface area contributed by atoms with E-state index in [-0.39, 0.29) is 28.3 Å². The van der Waals surface area contributed by atoms with Crippen LogP contribution in [0.25, 0.3) is 22.4 Å². The summed E-state index contributed by atoms with van der Waals surface area (Å²) in [4.78, 5) is 26.0. The Morgan fingerprint density at radius 2 is 1.49 bits per heavy atom. The first-order valence-electron chi connectivity index (χ1n) is 13.5. The zero-order valence-corrected chi connectivity index (χ0v) is 23.9. The second-order valence-corrected chi connectivity index (χ2v) is 11.1. The molecule has 4 aromatic carbocycles. The van der Waals surface area contributed by atoms with Crippen LogP contribution in [0.4, 0.5) is 24.5 Å². The summed E-state index contributed by atoms with van der Waals surface area (Å²) in [6, 6.07) is 20.3. The van der Waals surface area contributed by atoms with Crippen molar-refractivity contribution in [2.75, 3.05) is 10.6 Å². The van der Waals surface area contributed by atoms with Gasteiger partial charge in [-0.25, -0.2) is 0 Å². The van der Waals surface area contributed by atoms with Gasteiger partial charge >= 0.3 is 12.1 Å². The van der Waals surface area contributed by atoms with Crippen molar-refractivity contribution in [1.82, 2.24) is 0 Å². The number of hydrogen-bond acceptors (Lipinski definition) is 4. The van der Waals surface area contributed by atoms with Crippen molar-refractivity contribution < 1.29 is 33.0 Å². The van der Waals surface area contributed by atoms with Gasteiger partial charge in [0.1, 0.15) is 5.75 Å². The molecule has 0 atom stereocenters. The maximum Gasteiger partial charge on any atom is 0.416 e. The Kier molecular flexibility index (Phi) is 7.29. The lowest BCUT2D eigenvalue weighted by Gasteiger charge is -2.27. The summed E-state index contributed by atoms with van der Waals surface area (Å²) < 4.78 is 40.5. The molecule has 0 aromatic heterocycles. The van der Waals surface area contributed by atoms with E-state index in [4.69, 9.17) is 0 Å². The SMILES string of the molecule is Cc1cc(C)cc(C(Nc2c(-c3ccccc3O)cccc2C(C)(C)C(=O)O)=C2C(=O)Nc3cc(C(F)(F)F)ccc32)c1. The van der Waals surface area contributed by atoms with Gasteiger partial charge in [0.05, 0.1) is 27.9 Å². The van der Waals surface area contributed by atoms with Gasteiger partial charge in [-0.2, -0.15) is 13.2 Å². The van der Waals surface area contributed by atoms with Gasteiger partial charge in [0.25, 0.3) is 5.91 Å². The molecule has 0 radical (unpaired) electrons. The highest BCUT2D eigenvalue weighted by Crippen LogP contribution is 2.45. The monoisotopic (exact) mass is 586 g/mol. The standard InChI is InChI=1S/C34H29F3N2O4/c1-18-14-19(2)16-20(15-18)29(28-24-13-12-21(34(35,36)37)17-26(24)38-31(28)41)39-30-23(22-8-5-6-11-27(22)40)9-7-10-25(30)33(3,4)32(42)43/h5-17,39-40H,1-4H3,(H,38,41)(H,42,43). The topological polar surface area (TPSA) is 98.7 Å². The van der Waals surface area contributed by atoms with Gasteiger partial charge in [-0.3, -0.25) is 9.59 Å². The molecule has 9 heteroatoms. The number of carboxylic acids is 1. The van der Waals surface area contributed by atoms with Crippen LogP contribution in [0.3, 0.4) is 0 Å². The lowest BCUT2D eigenvalue weighted by Crippen LogP contribution is -2.29. The summed E-state index contributed by atoms with van der Waals surface area (Å²) in [7, 11) is 0. The number of benzene rings is 4. The fourth-order valence-electron chi connectivity index (χ4n) is 5.37. The maximum atomic E-state index is 13.5. The highest BCUT2D eigenvalue weighted by molar-refractivity contribution is 6.37. The molecule has 1 heterocycles. The van der Waals surface area contributed by atoms with Crippen molar-refractivity contribution in [3.63, 3.8) is 0 Å². The molecule has 220 valence electrons. The second-order valence-electron chi connectivity index (χ2n) is 11.1. The van der Waals surface area contributed by atoms with Crippen LogP contribution in [0, 0.1) is 13.8 Å². The molecule has 1 amide bonds. The van der Waals surface area contributed by atoms with E-state index in [1.54, 1.807) is 50.2 Å². The van der Waals surface area contributed by atoms with Crippen LogP contribution in [0.1, 0.15) is 47.2 Å². The van der Waals surface area contributed by atoms with E-state index in [0.717, 1.165) is 23.3 Å². The molecule has 0 bridgehead atoms. The van der Waals surface area contributed by atoms with Crippen LogP contribution >= 0.6 is 0 Å². The van der Waals surface area contributed by atoms with Crippen molar-refractivity contribution in [2.24, 2.45) is 0 Å². The quantitative estimate of drug-likeness (QED) is 0.172. The number of carboxylic acid groups (broad SMARTS) is 1. The Hall–Kier alpha value is -5.05. The van der Waals surface area contributed by atoms with E-state index in [9.17, 15) is 33.0 Å². The zero-order valence-electron chi connectivity index (χ0n) is 23.9. The van der Waals surface area contributed by atoms with Crippen LogP contribution in [-0.2, 0) is 21.2 Å². The van der Waals surface area contributed by atoms with E-state index >= 15 is 0 Å². The lowest BCUT2D eigenvalue weighted by atomic mass is 9.81. The molecule has 4 aromatic rings. The number of carbonyl (C=O) groups excluding carboxylic acids is 1. The van der Waals surface area contributed by atoms with Gasteiger partial charge in [-0.05, 0) is 69.2 Å². The number of alkyl halides is 3. The zero-order chi connectivity index (χ0) is 31.3. The Morgan fingerprint density at radius 1 is 0.837 bits per heavy atom. The van der Waals surface area contributed by atoms with Gasteiger partial charge in [-0.1, -0.05) is 59.7 Å². The van der Waals surface area contributed by atoms with E-state index in [0.29, 0.717) is 27.9 Å². The first-order chi connectivity index (χ1) is 20.2. The maximum absolute atomic E-state index is 13.5. The Morgan fingerprint density at radius 3 is 2.12 bits per heavy atom. The van der Waals surface area contributed by atoms with Gasteiger partial charge in [0, 0.05) is 22.4 Å². The van der Waals surface area contributed by atoms with Gasteiger partial charge in [0.15, 0.2) is 0 Å². The number of aryl methyl sites for hydroxylation is 2. The number of fused-ring (bicyclic) bond motifs is 1.